The Morgan fingerprint density at radius 2 is 2.20 bits per heavy atom. The van der Waals surface area contributed by atoms with Crippen molar-refractivity contribution in [3.05, 3.63) is 28.7 Å². The van der Waals surface area contributed by atoms with Crippen LogP contribution in [0.15, 0.2) is 23.1 Å². The number of rotatable bonds is 6. The summed E-state index contributed by atoms with van der Waals surface area (Å²) in [5.74, 6) is -2.34. The molecule has 1 fully saturated rings. The van der Waals surface area contributed by atoms with Crippen molar-refractivity contribution in [3.8, 4) is 0 Å². The standard InChI is InChI=1S/C13H16N2O5/c1-20-5-4-15-7-8(2-3-11(15)16)14-12(17)9-6-10(9)13(18)19/h2-3,7,9-10H,4-6H2,1H3,(H,14,17)(H,18,19). The second kappa shape index (κ2) is 5.87. The molecule has 0 radical (unpaired) electrons. The van der Waals surface area contributed by atoms with Crippen LogP contribution in [0.5, 0.6) is 0 Å². The van der Waals surface area contributed by atoms with Crippen LogP contribution >= 0.6 is 0 Å². The average Bonchev–Trinajstić information content (AvgIpc) is 3.20. The van der Waals surface area contributed by atoms with Crippen LogP contribution in [0.1, 0.15) is 6.42 Å². The molecule has 0 spiro atoms. The molecule has 7 nitrogen and oxygen atoms in total. The first-order chi connectivity index (χ1) is 9.52. The molecule has 1 aromatic rings. The second-order valence-electron chi connectivity index (χ2n) is 4.72. The highest BCUT2D eigenvalue weighted by Crippen LogP contribution is 2.39. The summed E-state index contributed by atoms with van der Waals surface area (Å²) in [5.41, 5.74) is 0.289. The molecule has 0 aromatic carbocycles. The molecule has 1 heterocycles. The molecule has 1 aromatic heterocycles. The highest BCUT2D eigenvalue weighted by Gasteiger charge is 2.48. The Hall–Kier alpha value is -2.15. The van der Waals surface area contributed by atoms with Gasteiger partial charge in [0.2, 0.25) is 5.91 Å². The fourth-order valence-electron chi connectivity index (χ4n) is 1.96. The third-order valence-corrected chi connectivity index (χ3v) is 3.23. The van der Waals surface area contributed by atoms with Gasteiger partial charge in [0, 0.05) is 25.9 Å². The quantitative estimate of drug-likeness (QED) is 0.773. The third-order valence-electron chi connectivity index (χ3n) is 3.23. The number of methoxy groups -OCH3 is 1. The van der Waals surface area contributed by atoms with E-state index in [4.69, 9.17) is 9.84 Å². The number of aromatic nitrogens is 1. The van der Waals surface area contributed by atoms with Crippen molar-refractivity contribution in [2.75, 3.05) is 19.0 Å². The number of nitrogens with zero attached hydrogens (tertiary/aromatic N) is 1. The highest BCUT2D eigenvalue weighted by molar-refractivity contribution is 5.98. The van der Waals surface area contributed by atoms with Gasteiger partial charge in [-0.15, -0.1) is 0 Å². The maximum absolute atomic E-state index is 11.8. The molecule has 1 aliphatic rings. The van der Waals surface area contributed by atoms with Crippen molar-refractivity contribution in [1.29, 1.82) is 0 Å². The lowest BCUT2D eigenvalue weighted by atomic mass is 10.3. The van der Waals surface area contributed by atoms with E-state index >= 15 is 0 Å². The first-order valence-corrected chi connectivity index (χ1v) is 6.26. The predicted molar refractivity (Wildman–Crippen MR) is 70.4 cm³/mol. The van der Waals surface area contributed by atoms with E-state index < -0.39 is 17.8 Å². The number of hydrogen-bond acceptors (Lipinski definition) is 4. The van der Waals surface area contributed by atoms with Gasteiger partial charge in [-0.1, -0.05) is 0 Å². The summed E-state index contributed by atoms with van der Waals surface area (Å²) < 4.78 is 6.33. The summed E-state index contributed by atoms with van der Waals surface area (Å²) in [5, 5.41) is 11.4. The van der Waals surface area contributed by atoms with Crippen LogP contribution < -0.4 is 10.9 Å². The smallest absolute Gasteiger partial charge is 0.307 e. The van der Waals surface area contributed by atoms with Crippen molar-refractivity contribution in [2.24, 2.45) is 11.8 Å². The van der Waals surface area contributed by atoms with E-state index in [1.165, 1.54) is 30.0 Å². The van der Waals surface area contributed by atoms with Gasteiger partial charge in [0.15, 0.2) is 0 Å². The number of carboxylic acids is 1. The number of anilines is 1. The van der Waals surface area contributed by atoms with Crippen LogP contribution in [0.2, 0.25) is 0 Å². The fourth-order valence-corrected chi connectivity index (χ4v) is 1.96. The Morgan fingerprint density at radius 3 is 2.80 bits per heavy atom. The minimum absolute atomic E-state index is 0.185. The maximum atomic E-state index is 11.8. The van der Waals surface area contributed by atoms with E-state index in [-0.39, 0.29) is 11.5 Å². The lowest BCUT2D eigenvalue weighted by Crippen LogP contribution is -2.23. The monoisotopic (exact) mass is 280 g/mol. The normalized spacial score (nSPS) is 20.4. The van der Waals surface area contributed by atoms with E-state index in [0.717, 1.165) is 0 Å². The van der Waals surface area contributed by atoms with Gasteiger partial charge in [0.25, 0.3) is 5.56 Å². The van der Waals surface area contributed by atoms with E-state index in [0.29, 0.717) is 25.3 Å². The summed E-state index contributed by atoms with van der Waals surface area (Å²) in [6.45, 7) is 0.779. The SMILES string of the molecule is COCCn1cc(NC(=O)C2CC2C(=O)O)ccc1=O. The van der Waals surface area contributed by atoms with Crippen LogP contribution in [0, 0.1) is 11.8 Å². The number of nitrogens with one attached hydrogen (secondary N) is 1. The molecule has 7 heteroatoms. The molecule has 2 rings (SSSR count). The van der Waals surface area contributed by atoms with Gasteiger partial charge < -0.3 is 19.7 Å². The van der Waals surface area contributed by atoms with Gasteiger partial charge in [-0.05, 0) is 12.5 Å². The molecule has 0 aliphatic heterocycles. The Bertz CT molecular complexity index is 580. The second-order valence-corrected chi connectivity index (χ2v) is 4.72. The van der Waals surface area contributed by atoms with Crippen molar-refractivity contribution in [1.82, 2.24) is 4.57 Å². The van der Waals surface area contributed by atoms with Gasteiger partial charge in [0.05, 0.1) is 24.1 Å². The zero-order chi connectivity index (χ0) is 14.7. The Kier molecular flexibility index (Phi) is 4.19. The molecule has 2 atom stereocenters. The summed E-state index contributed by atoms with van der Waals surface area (Å²) in [6, 6.07) is 2.86. The van der Waals surface area contributed by atoms with E-state index in [2.05, 4.69) is 5.32 Å². The topological polar surface area (TPSA) is 97.6 Å². The van der Waals surface area contributed by atoms with E-state index in [9.17, 15) is 14.4 Å². The number of carbonyl (C=O) groups excluding carboxylic acids is 1. The maximum Gasteiger partial charge on any atom is 0.307 e. The summed E-state index contributed by atoms with van der Waals surface area (Å²) in [4.78, 5) is 34.1. The van der Waals surface area contributed by atoms with Gasteiger partial charge in [0.1, 0.15) is 0 Å². The Balaban J connectivity index is 2.01. The molecule has 1 amide bonds. The van der Waals surface area contributed by atoms with Crippen LogP contribution in [-0.2, 0) is 20.9 Å². The number of carboxylic acid groups (broad SMARTS) is 1. The third kappa shape index (κ3) is 3.24. The number of hydrogen-bond donors (Lipinski definition) is 2. The predicted octanol–water partition coefficient (Wildman–Crippen LogP) is 0.154. The van der Waals surface area contributed by atoms with Crippen LogP contribution in [0.4, 0.5) is 5.69 Å². The highest BCUT2D eigenvalue weighted by atomic mass is 16.5. The Morgan fingerprint density at radius 1 is 1.45 bits per heavy atom. The lowest BCUT2D eigenvalue weighted by Gasteiger charge is -2.09. The number of ether oxygens (including phenoxy) is 1. The first-order valence-electron chi connectivity index (χ1n) is 6.26. The molecule has 108 valence electrons. The minimum Gasteiger partial charge on any atom is -0.481 e. The minimum atomic E-state index is -0.949. The van der Waals surface area contributed by atoms with Crippen molar-refractivity contribution in [3.63, 3.8) is 0 Å². The van der Waals surface area contributed by atoms with Gasteiger partial charge in [-0.25, -0.2) is 0 Å². The van der Waals surface area contributed by atoms with Gasteiger partial charge in [-0.3, -0.25) is 14.4 Å². The molecule has 2 unspecified atom stereocenters. The number of pyridine rings is 1. The zero-order valence-electron chi connectivity index (χ0n) is 11.0. The molecule has 0 bridgehead atoms. The van der Waals surface area contributed by atoms with Crippen LogP contribution in [0.25, 0.3) is 0 Å². The summed E-state index contributed by atoms with van der Waals surface area (Å²) in [6.07, 6.45) is 1.89. The van der Waals surface area contributed by atoms with Crippen LogP contribution in [0.3, 0.4) is 0 Å². The van der Waals surface area contributed by atoms with E-state index in [1.807, 2.05) is 0 Å². The van der Waals surface area contributed by atoms with Crippen molar-refractivity contribution >= 4 is 17.6 Å². The number of aliphatic carboxylic acids is 1. The van der Waals surface area contributed by atoms with Crippen LogP contribution in [-0.4, -0.2) is 35.3 Å². The van der Waals surface area contributed by atoms with Crippen molar-refractivity contribution in [2.45, 2.75) is 13.0 Å². The molecular formula is C13H16N2O5. The fraction of sp³-hybridized carbons (Fsp3) is 0.462. The average molecular weight is 280 g/mol. The summed E-state index contributed by atoms with van der Waals surface area (Å²) >= 11 is 0. The molecular weight excluding hydrogens is 264 g/mol. The molecule has 2 N–H and O–H groups in total. The first kappa shape index (κ1) is 14.3. The lowest BCUT2D eigenvalue weighted by molar-refractivity contribution is -0.139. The van der Waals surface area contributed by atoms with Crippen molar-refractivity contribution < 1.29 is 19.4 Å². The molecule has 20 heavy (non-hydrogen) atoms. The summed E-state index contributed by atoms with van der Waals surface area (Å²) in [7, 11) is 1.54. The number of carbonyl (C=O) groups is 2. The largest absolute Gasteiger partial charge is 0.481 e. The molecule has 1 aliphatic carbocycles. The van der Waals surface area contributed by atoms with Gasteiger partial charge in [-0.2, -0.15) is 0 Å². The Labute approximate surface area is 115 Å². The molecule has 0 saturated heterocycles. The number of amides is 1. The van der Waals surface area contributed by atoms with E-state index in [1.54, 1.807) is 0 Å². The van der Waals surface area contributed by atoms with Gasteiger partial charge >= 0.3 is 5.97 Å². The zero-order valence-corrected chi connectivity index (χ0v) is 11.0. The molecule has 1 saturated carbocycles.